The van der Waals surface area contributed by atoms with Gasteiger partial charge in [-0.2, -0.15) is 0 Å². The van der Waals surface area contributed by atoms with E-state index >= 15 is 0 Å². The molecular formula is C22H14FN3OS. The molecule has 5 aromatic rings. The molecule has 0 saturated carbocycles. The molecule has 0 unspecified atom stereocenters. The number of hydrogen-bond acceptors (Lipinski definition) is 5. The summed E-state index contributed by atoms with van der Waals surface area (Å²) in [6.45, 7) is 1.89. The number of benzene rings is 2. The van der Waals surface area contributed by atoms with Gasteiger partial charge in [0.25, 0.3) is 0 Å². The van der Waals surface area contributed by atoms with E-state index in [1.54, 1.807) is 29.7 Å². The Hall–Kier alpha value is -3.38. The summed E-state index contributed by atoms with van der Waals surface area (Å²) >= 11 is 1.59. The number of fused-ring (bicyclic) bond motifs is 1. The summed E-state index contributed by atoms with van der Waals surface area (Å²) in [5.74, 6) is 0.280. The van der Waals surface area contributed by atoms with Crippen molar-refractivity contribution in [2.24, 2.45) is 0 Å². The monoisotopic (exact) mass is 387 g/mol. The van der Waals surface area contributed by atoms with Crippen LogP contribution in [-0.4, -0.2) is 15.0 Å². The zero-order chi connectivity index (χ0) is 19.1. The smallest absolute Gasteiger partial charge is 0.226 e. The van der Waals surface area contributed by atoms with Crippen LogP contribution in [-0.2, 0) is 0 Å². The van der Waals surface area contributed by atoms with Gasteiger partial charge in [0.05, 0.1) is 27.3 Å². The summed E-state index contributed by atoms with van der Waals surface area (Å²) in [4.78, 5) is 15.1. The van der Waals surface area contributed by atoms with E-state index in [2.05, 4.69) is 4.98 Å². The van der Waals surface area contributed by atoms with Crippen LogP contribution in [0.2, 0.25) is 0 Å². The maximum absolute atomic E-state index is 13.4. The Labute approximate surface area is 164 Å². The molecule has 0 aliphatic carbocycles. The molecule has 0 bridgehead atoms. The minimum Gasteiger partial charge on any atom is -0.444 e. The molecule has 28 heavy (non-hydrogen) atoms. The lowest BCUT2D eigenvalue weighted by molar-refractivity contribution is 0.573. The third kappa shape index (κ3) is 2.97. The van der Waals surface area contributed by atoms with Crippen LogP contribution in [0, 0.1) is 12.7 Å². The second-order valence-electron chi connectivity index (χ2n) is 6.40. The van der Waals surface area contributed by atoms with Crippen molar-refractivity contribution >= 4 is 22.4 Å². The predicted octanol–water partition coefficient (Wildman–Crippen LogP) is 6.13. The minimum atomic E-state index is -0.277. The minimum absolute atomic E-state index is 0.277. The number of hydrogen-bond donors (Lipinski definition) is 0. The van der Waals surface area contributed by atoms with Gasteiger partial charge < -0.3 is 4.42 Å². The number of halogens is 1. The molecule has 3 heterocycles. The number of oxazole rings is 1. The molecule has 3 aromatic heterocycles. The van der Waals surface area contributed by atoms with Crippen molar-refractivity contribution in [1.29, 1.82) is 0 Å². The predicted molar refractivity (Wildman–Crippen MR) is 108 cm³/mol. The Morgan fingerprint density at radius 2 is 1.64 bits per heavy atom. The van der Waals surface area contributed by atoms with E-state index in [1.807, 2.05) is 42.6 Å². The lowest BCUT2D eigenvalue weighted by atomic mass is 10.1. The van der Waals surface area contributed by atoms with Crippen molar-refractivity contribution < 1.29 is 8.81 Å². The maximum Gasteiger partial charge on any atom is 0.226 e. The lowest BCUT2D eigenvalue weighted by Crippen LogP contribution is -1.95. The van der Waals surface area contributed by atoms with Crippen molar-refractivity contribution in [3.63, 3.8) is 0 Å². The molecular weight excluding hydrogens is 373 g/mol. The number of thiophene rings is 1. The SMILES string of the molecule is Cc1coc(-c2ccc3nc(-c4ccc(F)cc4)c(-c4cccs4)nc3c2)n1. The van der Waals surface area contributed by atoms with E-state index in [4.69, 9.17) is 14.4 Å². The molecule has 0 aliphatic rings. The van der Waals surface area contributed by atoms with Crippen molar-refractivity contribution in [3.05, 3.63) is 77.8 Å². The second kappa shape index (κ2) is 6.65. The van der Waals surface area contributed by atoms with Crippen LogP contribution in [0.3, 0.4) is 0 Å². The first kappa shape index (κ1) is 16.8. The van der Waals surface area contributed by atoms with Crippen LogP contribution in [0.4, 0.5) is 4.39 Å². The van der Waals surface area contributed by atoms with Crippen LogP contribution >= 0.6 is 11.3 Å². The first-order valence-corrected chi connectivity index (χ1v) is 9.59. The van der Waals surface area contributed by atoms with Crippen molar-refractivity contribution in [1.82, 2.24) is 15.0 Å². The Bertz CT molecular complexity index is 1280. The number of aryl methyl sites for hydroxylation is 1. The molecule has 4 nitrogen and oxygen atoms in total. The van der Waals surface area contributed by atoms with Crippen LogP contribution in [0.1, 0.15) is 5.69 Å². The topological polar surface area (TPSA) is 51.8 Å². The summed E-state index contributed by atoms with van der Waals surface area (Å²) in [5, 5.41) is 2.00. The normalized spacial score (nSPS) is 11.2. The molecule has 0 saturated heterocycles. The van der Waals surface area contributed by atoms with Gasteiger partial charge in [0, 0.05) is 11.1 Å². The number of nitrogens with zero attached hydrogens (tertiary/aromatic N) is 3. The van der Waals surface area contributed by atoms with E-state index in [-0.39, 0.29) is 5.82 Å². The van der Waals surface area contributed by atoms with Gasteiger partial charge in [-0.1, -0.05) is 6.07 Å². The Morgan fingerprint density at radius 1 is 0.857 bits per heavy atom. The van der Waals surface area contributed by atoms with Crippen LogP contribution in [0.5, 0.6) is 0 Å². The van der Waals surface area contributed by atoms with Crippen LogP contribution < -0.4 is 0 Å². The Kier molecular flexibility index (Phi) is 3.98. The molecule has 0 radical (unpaired) electrons. The number of rotatable bonds is 3. The molecule has 2 aromatic carbocycles. The van der Waals surface area contributed by atoms with E-state index in [0.29, 0.717) is 5.89 Å². The van der Waals surface area contributed by atoms with E-state index in [0.717, 1.165) is 44.1 Å². The first-order valence-electron chi connectivity index (χ1n) is 8.71. The molecule has 0 N–H and O–H groups in total. The van der Waals surface area contributed by atoms with E-state index < -0.39 is 0 Å². The lowest BCUT2D eigenvalue weighted by Gasteiger charge is -2.10. The van der Waals surface area contributed by atoms with Gasteiger partial charge in [0.15, 0.2) is 0 Å². The van der Waals surface area contributed by atoms with Crippen LogP contribution in [0.25, 0.3) is 44.3 Å². The molecule has 136 valence electrons. The highest BCUT2D eigenvalue weighted by atomic mass is 32.1. The van der Waals surface area contributed by atoms with Crippen molar-refractivity contribution in [3.8, 4) is 33.3 Å². The van der Waals surface area contributed by atoms with Gasteiger partial charge in [-0.15, -0.1) is 11.3 Å². The second-order valence-corrected chi connectivity index (χ2v) is 7.35. The molecule has 0 aliphatic heterocycles. The zero-order valence-electron chi connectivity index (χ0n) is 14.9. The molecule has 6 heteroatoms. The van der Waals surface area contributed by atoms with Gasteiger partial charge in [-0.05, 0) is 60.8 Å². The van der Waals surface area contributed by atoms with Gasteiger partial charge >= 0.3 is 0 Å². The highest BCUT2D eigenvalue weighted by molar-refractivity contribution is 7.13. The highest BCUT2D eigenvalue weighted by Gasteiger charge is 2.15. The molecule has 0 atom stereocenters. The van der Waals surface area contributed by atoms with Crippen molar-refractivity contribution in [2.75, 3.05) is 0 Å². The average Bonchev–Trinajstić information content (AvgIpc) is 3.39. The fourth-order valence-electron chi connectivity index (χ4n) is 3.07. The molecule has 5 rings (SSSR count). The fourth-order valence-corrected chi connectivity index (χ4v) is 3.78. The summed E-state index contributed by atoms with van der Waals surface area (Å²) in [5.41, 5.74) is 5.51. The fraction of sp³-hybridized carbons (Fsp3) is 0.0455. The quantitative estimate of drug-likeness (QED) is 0.374. The Balaban J connectivity index is 1.73. The van der Waals surface area contributed by atoms with E-state index in [9.17, 15) is 4.39 Å². The van der Waals surface area contributed by atoms with Crippen LogP contribution in [0.15, 0.2) is 70.7 Å². The van der Waals surface area contributed by atoms with Gasteiger partial charge in [-0.25, -0.2) is 19.3 Å². The third-order valence-corrected chi connectivity index (χ3v) is 5.28. The first-order chi connectivity index (χ1) is 13.7. The molecule has 0 fully saturated rings. The zero-order valence-corrected chi connectivity index (χ0v) is 15.7. The number of aromatic nitrogens is 3. The van der Waals surface area contributed by atoms with E-state index in [1.165, 1.54) is 12.1 Å². The maximum atomic E-state index is 13.4. The summed E-state index contributed by atoms with van der Waals surface area (Å²) < 4.78 is 18.9. The standard InChI is InChI=1S/C22H14FN3OS/c1-13-12-27-22(24-13)15-6-9-17-18(11-15)26-21(19-3-2-10-28-19)20(25-17)14-4-7-16(23)8-5-14/h2-12H,1H3. The van der Waals surface area contributed by atoms with Crippen molar-refractivity contribution in [2.45, 2.75) is 6.92 Å². The third-order valence-electron chi connectivity index (χ3n) is 4.40. The summed E-state index contributed by atoms with van der Waals surface area (Å²) in [6, 6.07) is 16.1. The summed E-state index contributed by atoms with van der Waals surface area (Å²) in [6.07, 6.45) is 1.62. The highest BCUT2D eigenvalue weighted by Crippen LogP contribution is 2.34. The average molecular weight is 387 g/mol. The summed E-state index contributed by atoms with van der Waals surface area (Å²) in [7, 11) is 0. The van der Waals surface area contributed by atoms with Gasteiger partial charge in [0.1, 0.15) is 17.8 Å². The van der Waals surface area contributed by atoms with Gasteiger partial charge in [0.2, 0.25) is 5.89 Å². The largest absolute Gasteiger partial charge is 0.444 e. The molecule has 0 spiro atoms. The molecule has 0 amide bonds. The Morgan fingerprint density at radius 3 is 2.36 bits per heavy atom. The van der Waals surface area contributed by atoms with Gasteiger partial charge in [-0.3, -0.25) is 0 Å².